The van der Waals surface area contributed by atoms with E-state index in [0.29, 0.717) is 6.61 Å². The van der Waals surface area contributed by atoms with E-state index in [1.165, 1.54) is 6.92 Å². The van der Waals surface area contributed by atoms with E-state index in [0.717, 1.165) is 25.7 Å². The van der Waals surface area contributed by atoms with Gasteiger partial charge in [0.05, 0.1) is 6.61 Å². The third kappa shape index (κ3) is 16.0. The number of unbranched alkanes of at least 4 members (excludes halogenated alkanes) is 3. The van der Waals surface area contributed by atoms with Crippen LogP contribution in [-0.4, -0.2) is 12.6 Å². The van der Waals surface area contributed by atoms with Gasteiger partial charge in [-0.3, -0.25) is 4.79 Å². The molecule has 0 aromatic carbocycles. The lowest BCUT2D eigenvalue weighted by Gasteiger charge is -1.99. The van der Waals surface area contributed by atoms with E-state index in [4.69, 9.17) is 4.74 Å². The van der Waals surface area contributed by atoms with Crippen LogP contribution in [0.2, 0.25) is 0 Å². The summed E-state index contributed by atoms with van der Waals surface area (Å²) in [4.78, 5) is 10.5. The van der Waals surface area contributed by atoms with Gasteiger partial charge in [-0.1, -0.05) is 48.3 Å². The molecule has 20 heavy (non-hydrogen) atoms. The molecule has 0 N–H and O–H groups in total. The van der Waals surface area contributed by atoms with Gasteiger partial charge in [0.2, 0.25) is 0 Å². The Balaban J connectivity index is 3.50. The van der Waals surface area contributed by atoms with Gasteiger partial charge < -0.3 is 4.74 Å². The molecule has 0 unspecified atom stereocenters. The maximum absolute atomic E-state index is 10.5. The minimum atomic E-state index is -0.197. The molecule has 0 saturated heterocycles. The Morgan fingerprint density at radius 1 is 1.00 bits per heavy atom. The van der Waals surface area contributed by atoms with E-state index < -0.39 is 0 Å². The van der Waals surface area contributed by atoms with Crippen molar-refractivity contribution >= 4 is 5.97 Å². The maximum Gasteiger partial charge on any atom is 0.302 e. The lowest BCUT2D eigenvalue weighted by atomic mass is 10.2. The highest BCUT2D eigenvalue weighted by molar-refractivity contribution is 5.65. The van der Waals surface area contributed by atoms with Crippen LogP contribution in [0, 0.1) is 11.8 Å². The molecule has 0 aliphatic carbocycles. The first-order valence-electron chi connectivity index (χ1n) is 7.01. The number of carbonyl (C=O) groups is 1. The SMILES string of the molecule is CC=CC=CC#CC=CC=CCCCCCOC(C)=O. The van der Waals surface area contributed by atoms with Crippen molar-refractivity contribution in [1.82, 2.24) is 0 Å². The highest BCUT2D eigenvalue weighted by Gasteiger charge is 1.91. The van der Waals surface area contributed by atoms with Gasteiger partial charge >= 0.3 is 5.97 Å². The average molecular weight is 272 g/mol. The van der Waals surface area contributed by atoms with Gasteiger partial charge in [-0.05, 0) is 44.8 Å². The molecule has 0 aliphatic rings. The van der Waals surface area contributed by atoms with Crippen LogP contribution in [-0.2, 0) is 9.53 Å². The second-order valence-electron chi connectivity index (χ2n) is 4.15. The summed E-state index contributed by atoms with van der Waals surface area (Å²) in [5.41, 5.74) is 0. The fraction of sp³-hybridized carbons (Fsp3) is 0.389. The van der Waals surface area contributed by atoms with E-state index in [1.54, 1.807) is 0 Å². The van der Waals surface area contributed by atoms with E-state index in [1.807, 2.05) is 49.5 Å². The van der Waals surface area contributed by atoms with Crippen LogP contribution >= 0.6 is 0 Å². The van der Waals surface area contributed by atoms with Gasteiger partial charge in [0.1, 0.15) is 0 Å². The summed E-state index contributed by atoms with van der Waals surface area (Å²) in [7, 11) is 0. The predicted molar refractivity (Wildman–Crippen MR) is 85.1 cm³/mol. The maximum atomic E-state index is 10.5. The standard InChI is InChI=1S/C18H24O2/c1-3-4-5-6-7-8-9-10-11-12-13-14-15-16-17-20-18(2)19/h3-6,9-12H,13-17H2,1-2H3. The van der Waals surface area contributed by atoms with Crippen LogP contribution in [0.3, 0.4) is 0 Å². The van der Waals surface area contributed by atoms with Gasteiger partial charge in [0, 0.05) is 6.92 Å². The van der Waals surface area contributed by atoms with Gasteiger partial charge in [-0.2, -0.15) is 0 Å². The first kappa shape index (κ1) is 18.0. The molecule has 0 rings (SSSR count). The monoisotopic (exact) mass is 272 g/mol. The molecule has 0 aromatic rings. The van der Waals surface area contributed by atoms with Gasteiger partial charge in [-0.15, -0.1) is 0 Å². The molecule has 0 amide bonds. The highest BCUT2D eigenvalue weighted by atomic mass is 16.5. The van der Waals surface area contributed by atoms with Crippen molar-refractivity contribution in [2.24, 2.45) is 0 Å². The van der Waals surface area contributed by atoms with Gasteiger partial charge in [0.15, 0.2) is 0 Å². The van der Waals surface area contributed by atoms with E-state index in [2.05, 4.69) is 17.9 Å². The minimum absolute atomic E-state index is 0.197. The topological polar surface area (TPSA) is 26.3 Å². The Morgan fingerprint density at radius 2 is 1.70 bits per heavy atom. The molecule has 0 heterocycles. The second-order valence-corrected chi connectivity index (χ2v) is 4.15. The number of esters is 1. The van der Waals surface area contributed by atoms with Crippen LogP contribution in [0.25, 0.3) is 0 Å². The van der Waals surface area contributed by atoms with E-state index >= 15 is 0 Å². The third-order valence-electron chi connectivity index (χ3n) is 2.31. The zero-order chi connectivity index (χ0) is 14.9. The largest absolute Gasteiger partial charge is 0.466 e. The molecule has 0 aliphatic heterocycles. The van der Waals surface area contributed by atoms with Gasteiger partial charge in [0.25, 0.3) is 0 Å². The first-order valence-corrected chi connectivity index (χ1v) is 7.01. The molecule has 0 spiro atoms. The van der Waals surface area contributed by atoms with Crippen LogP contribution in [0.1, 0.15) is 39.5 Å². The lowest BCUT2D eigenvalue weighted by Crippen LogP contribution is -1.99. The highest BCUT2D eigenvalue weighted by Crippen LogP contribution is 2.01. The molecule has 0 aromatic heterocycles. The molecule has 0 fully saturated rings. The first-order chi connectivity index (χ1) is 9.77. The summed E-state index contributed by atoms with van der Waals surface area (Å²) < 4.78 is 4.86. The summed E-state index contributed by atoms with van der Waals surface area (Å²) in [5.74, 6) is 5.64. The number of rotatable bonds is 8. The third-order valence-corrected chi connectivity index (χ3v) is 2.31. The van der Waals surface area contributed by atoms with Crippen molar-refractivity contribution in [1.29, 1.82) is 0 Å². The average Bonchev–Trinajstić information content (AvgIpc) is 2.43. The number of hydrogen-bond acceptors (Lipinski definition) is 2. The van der Waals surface area contributed by atoms with E-state index in [9.17, 15) is 4.79 Å². The normalized spacial score (nSPS) is 11.5. The second kappa shape index (κ2) is 15.0. The lowest BCUT2D eigenvalue weighted by molar-refractivity contribution is -0.141. The molecule has 0 radical (unpaired) electrons. The molecular formula is C18H24O2. The Hall–Kier alpha value is -2.01. The Kier molecular flexibility index (Phi) is 13.5. The summed E-state index contributed by atoms with van der Waals surface area (Å²) in [5, 5.41) is 0. The predicted octanol–water partition coefficient (Wildman–Crippen LogP) is 4.36. The number of ether oxygens (including phenoxy) is 1. The molecule has 0 bridgehead atoms. The Morgan fingerprint density at radius 3 is 2.35 bits per heavy atom. The van der Waals surface area contributed by atoms with Crippen molar-refractivity contribution in [3.05, 3.63) is 48.6 Å². The van der Waals surface area contributed by atoms with Gasteiger partial charge in [-0.25, -0.2) is 0 Å². The fourth-order valence-electron chi connectivity index (χ4n) is 1.35. The zero-order valence-corrected chi connectivity index (χ0v) is 12.5. The fourth-order valence-corrected chi connectivity index (χ4v) is 1.35. The number of carbonyl (C=O) groups excluding carboxylic acids is 1. The van der Waals surface area contributed by atoms with Crippen LogP contribution in [0.15, 0.2) is 48.6 Å². The molecule has 0 atom stereocenters. The summed E-state index contributed by atoms with van der Waals surface area (Å²) >= 11 is 0. The van der Waals surface area contributed by atoms with Crippen molar-refractivity contribution in [3.8, 4) is 11.8 Å². The van der Waals surface area contributed by atoms with Crippen molar-refractivity contribution in [2.75, 3.05) is 6.61 Å². The summed E-state index contributed by atoms with van der Waals surface area (Å²) in [6, 6.07) is 0. The number of allylic oxidation sites excluding steroid dienone is 8. The molecule has 0 saturated carbocycles. The van der Waals surface area contributed by atoms with Crippen molar-refractivity contribution in [2.45, 2.75) is 39.5 Å². The molecular weight excluding hydrogens is 248 g/mol. The Labute approximate surface area is 122 Å². The van der Waals surface area contributed by atoms with Crippen LogP contribution < -0.4 is 0 Å². The van der Waals surface area contributed by atoms with Crippen LogP contribution in [0.5, 0.6) is 0 Å². The molecule has 2 nitrogen and oxygen atoms in total. The minimum Gasteiger partial charge on any atom is -0.466 e. The smallest absolute Gasteiger partial charge is 0.302 e. The summed E-state index contributed by atoms with van der Waals surface area (Å²) in [6.07, 6.45) is 19.7. The Bertz CT molecular complexity index is 414. The summed E-state index contributed by atoms with van der Waals surface area (Å²) in [6.45, 7) is 3.95. The molecule has 108 valence electrons. The van der Waals surface area contributed by atoms with Crippen molar-refractivity contribution in [3.63, 3.8) is 0 Å². The van der Waals surface area contributed by atoms with Crippen molar-refractivity contribution < 1.29 is 9.53 Å². The zero-order valence-electron chi connectivity index (χ0n) is 12.5. The molecule has 2 heteroatoms. The van der Waals surface area contributed by atoms with Crippen LogP contribution in [0.4, 0.5) is 0 Å². The number of hydrogen-bond donors (Lipinski definition) is 0. The van der Waals surface area contributed by atoms with E-state index in [-0.39, 0.29) is 5.97 Å². The quantitative estimate of drug-likeness (QED) is 0.284.